The SMILES string of the molecule is NC(=O)c1ccc[n+]([C@@H]2O[C@H](COP(=O)([O-])OP(=O)(O)OC[C@H]3O[C@@H](n4c(C#CNC(=O)CCCC5C=CC=C5)nc5c(N)ncnc54)[C@H](O)[C@@H]3O)[C@@H](O)[C@H]2O)c1. The molecular weight excluding hydrogens is 798 g/mol. The van der Waals surface area contributed by atoms with Crippen LogP contribution in [-0.4, -0.2) is 106 Å². The third kappa shape index (κ3) is 9.97. The van der Waals surface area contributed by atoms with Crippen LogP contribution in [0.3, 0.4) is 0 Å². The third-order valence-electron chi connectivity index (χ3n) is 8.98. The Balaban J connectivity index is 1.06. The molecular formula is C32H38N8O15P2. The Bertz CT molecular complexity index is 2200. The van der Waals surface area contributed by atoms with E-state index in [0.717, 1.165) is 17.3 Å². The van der Waals surface area contributed by atoms with Gasteiger partial charge in [-0.2, -0.15) is 4.57 Å². The smallest absolute Gasteiger partial charge is 0.478 e. The fourth-order valence-electron chi connectivity index (χ4n) is 6.14. The van der Waals surface area contributed by atoms with Gasteiger partial charge in [-0.1, -0.05) is 24.3 Å². The average molecular weight is 837 g/mol. The summed E-state index contributed by atoms with van der Waals surface area (Å²) in [6.07, 6.45) is 0.352. The molecule has 2 unspecified atom stereocenters. The summed E-state index contributed by atoms with van der Waals surface area (Å²) in [5, 5.41) is 45.1. The molecule has 5 heterocycles. The molecule has 3 aromatic rings. The molecule has 57 heavy (non-hydrogen) atoms. The maximum absolute atomic E-state index is 12.7. The van der Waals surface area contributed by atoms with Gasteiger partial charge in [0, 0.05) is 18.5 Å². The molecule has 0 bridgehead atoms. The first-order chi connectivity index (χ1) is 27.0. The van der Waals surface area contributed by atoms with Crippen LogP contribution in [0, 0.1) is 17.9 Å². The van der Waals surface area contributed by atoms with E-state index in [-0.39, 0.29) is 46.6 Å². The number of ether oxygens (including phenoxy) is 2. The maximum Gasteiger partial charge on any atom is 0.478 e. The minimum absolute atomic E-state index is 0.00203. The number of imidazole rings is 1. The summed E-state index contributed by atoms with van der Waals surface area (Å²) in [6.45, 7) is -2.02. The summed E-state index contributed by atoms with van der Waals surface area (Å²) in [5.74, 6) is 1.55. The van der Waals surface area contributed by atoms with Crippen LogP contribution in [0.2, 0.25) is 0 Å². The molecule has 10 atom stereocenters. The summed E-state index contributed by atoms with van der Waals surface area (Å²) in [5.41, 5.74) is 11.3. The minimum atomic E-state index is -5.70. The van der Waals surface area contributed by atoms with E-state index >= 15 is 0 Å². The van der Waals surface area contributed by atoms with Crippen LogP contribution >= 0.6 is 15.6 Å². The van der Waals surface area contributed by atoms with E-state index in [0.29, 0.717) is 6.42 Å². The number of allylic oxidation sites excluding steroid dienone is 4. The van der Waals surface area contributed by atoms with Crippen molar-refractivity contribution in [2.24, 2.45) is 11.7 Å². The number of primary amides is 1. The molecule has 2 fully saturated rings. The summed E-state index contributed by atoms with van der Waals surface area (Å²) >= 11 is 0. The number of nitrogens with one attached hydrogen (secondary N) is 1. The zero-order valence-corrected chi connectivity index (χ0v) is 31.3. The second kappa shape index (κ2) is 17.6. The van der Waals surface area contributed by atoms with E-state index in [9.17, 15) is 48.9 Å². The first kappa shape index (κ1) is 42.1. The fourth-order valence-corrected chi connectivity index (χ4v) is 8.19. The highest BCUT2D eigenvalue weighted by atomic mass is 31.3. The molecule has 10 N–H and O–H groups in total. The van der Waals surface area contributed by atoms with Crippen molar-refractivity contribution in [1.82, 2.24) is 24.8 Å². The zero-order chi connectivity index (χ0) is 41.1. The van der Waals surface area contributed by atoms with Crippen LogP contribution in [0.4, 0.5) is 5.82 Å². The van der Waals surface area contributed by atoms with Crippen LogP contribution in [0.1, 0.15) is 47.9 Å². The monoisotopic (exact) mass is 836 g/mol. The molecule has 23 nitrogen and oxygen atoms in total. The van der Waals surface area contributed by atoms with Gasteiger partial charge in [0.2, 0.25) is 5.91 Å². The molecule has 2 amide bonds. The molecule has 1 aliphatic carbocycles. The predicted molar refractivity (Wildman–Crippen MR) is 188 cm³/mol. The minimum Gasteiger partial charge on any atom is -0.756 e. The van der Waals surface area contributed by atoms with Crippen molar-refractivity contribution in [1.29, 1.82) is 0 Å². The molecule has 0 aromatic carbocycles. The Hall–Kier alpha value is -4.50. The number of nitrogens with two attached hydrogens (primary N) is 2. The Labute approximate surface area is 322 Å². The standard InChI is InChI=1S/C32H38N8O15P2/c33-28-23-30(37-16-36-28)40(21(38-23)10-11-35-22(41)9-3-7-17-5-1-2-6-17)32-27(45)25(43)20(54-32)15-52-57(49,50)55-56(47,48)51-14-19-24(42)26(44)31(53-19)39-12-4-8-18(13-39)29(34)46/h1-2,4-6,8,12-13,16-17,19-20,24-27,31-32,42-45H,3,7,9,14-15H2,(H6-,33,34,35,36,37,38,41,46,47,48,49,50)/t19-,20-,24-,25-,26-,27-,31-,32-/m1/s1. The number of aromatic nitrogens is 5. The normalized spacial score (nSPS) is 27.9. The maximum atomic E-state index is 12.7. The van der Waals surface area contributed by atoms with E-state index in [1.807, 2.05) is 24.3 Å². The Morgan fingerprint density at radius 3 is 2.47 bits per heavy atom. The number of pyridine rings is 1. The number of hydrogen-bond acceptors (Lipinski definition) is 18. The number of anilines is 1. The van der Waals surface area contributed by atoms with Crippen LogP contribution in [0.5, 0.6) is 0 Å². The van der Waals surface area contributed by atoms with Gasteiger partial charge in [0.1, 0.15) is 42.4 Å². The topological polar surface area (TPSA) is 350 Å². The lowest BCUT2D eigenvalue weighted by Gasteiger charge is -2.26. The average Bonchev–Trinajstić information content (AvgIpc) is 3.93. The number of amides is 2. The largest absolute Gasteiger partial charge is 0.756 e. The molecule has 6 rings (SSSR count). The molecule has 3 aliphatic rings. The van der Waals surface area contributed by atoms with Crippen molar-refractivity contribution in [2.45, 2.75) is 68.3 Å². The summed E-state index contributed by atoms with van der Waals surface area (Å²) < 4.78 is 52.5. The fraction of sp³-hybridized carbons (Fsp3) is 0.438. The van der Waals surface area contributed by atoms with Crippen LogP contribution < -0.4 is 26.2 Å². The number of rotatable bonds is 15. The molecule has 0 spiro atoms. The van der Waals surface area contributed by atoms with Gasteiger partial charge in [-0.05, 0) is 30.7 Å². The highest BCUT2D eigenvalue weighted by Gasteiger charge is 2.49. The van der Waals surface area contributed by atoms with Crippen molar-refractivity contribution >= 4 is 44.4 Å². The van der Waals surface area contributed by atoms with Gasteiger partial charge < -0.3 is 55.7 Å². The lowest BCUT2D eigenvalue weighted by atomic mass is 10.0. The van der Waals surface area contributed by atoms with Crippen LogP contribution in [0.15, 0.2) is 55.2 Å². The van der Waals surface area contributed by atoms with Crippen molar-refractivity contribution in [3.05, 3.63) is 66.5 Å². The number of hydrogen-bond donors (Lipinski definition) is 8. The summed E-state index contributed by atoms with van der Waals surface area (Å²) in [4.78, 5) is 59.0. The highest BCUT2D eigenvalue weighted by Crippen LogP contribution is 2.58. The van der Waals surface area contributed by atoms with Gasteiger partial charge >= 0.3 is 7.82 Å². The van der Waals surface area contributed by atoms with Gasteiger partial charge in [-0.25, -0.2) is 23.8 Å². The number of nitrogen functional groups attached to an aromatic ring is 1. The van der Waals surface area contributed by atoms with Gasteiger partial charge in [-0.3, -0.25) is 28.6 Å². The van der Waals surface area contributed by atoms with E-state index in [2.05, 4.69) is 41.1 Å². The predicted octanol–water partition coefficient (Wildman–Crippen LogP) is -2.31. The van der Waals surface area contributed by atoms with Crippen molar-refractivity contribution in [2.75, 3.05) is 18.9 Å². The van der Waals surface area contributed by atoms with Gasteiger partial charge in [0.15, 0.2) is 47.5 Å². The lowest BCUT2D eigenvalue weighted by molar-refractivity contribution is -0.765. The van der Waals surface area contributed by atoms with Crippen molar-refractivity contribution in [3.8, 4) is 12.0 Å². The number of phosphoric ester groups is 2. The van der Waals surface area contributed by atoms with E-state index in [1.165, 1.54) is 29.1 Å². The Morgan fingerprint density at radius 1 is 1.04 bits per heavy atom. The van der Waals surface area contributed by atoms with E-state index in [4.69, 9.17) is 25.5 Å². The first-order valence-corrected chi connectivity index (χ1v) is 20.1. The van der Waals surface area contributed by atoms with Crippen LogP contribution in [-0.2, 0) is 36.8 Å². The zero-order valence-electron chi connectivity index (χ0n) is 29.5. The highest BCUT2D eigenvalue weighted by molar-refractivity contribution is 7.60. The second-order valence-electron chi connectivity index (χ2n) is 12.9. The lowest BCUT2D eigenvalue weighted by Crippen LogP contribution is -2.46. The number of aliphatic hydroxyl groups is 4. The second-order valence-corrected chi connectivity index (χ2v) is 15.9. The van der Waals surface area contributed by atoms with Gasteiger partial charge in [-0.15, -0.1) is 0 Å². The number of carbonyl (C=O) groups is 2. The number of fused-ring (bicyclic) bond motifs is 1. The van der Waals surface area contributed by atoms with Crippen LogP contribution in [0.25, 0.3) is 11.2 Å². The molecule has 2 saturated heterocycles. The van der Waals surface area contributed by atoms with E-state index < -0.39 is 83.8 Å². The first-order valence-electron chi connectivity index (χ1n) is 17.1. The number of nitrogens with zero attached hydrogens (tertiary/aromatic N) is 5. The van der Waals surface area contributed by atoms with Crippen molar-refractivity contribution in [3.63, 3.8) is 0 Å². The summed E-state index contributed by atoms with van der Waals surface area (Å²) in [7, 11) is -11.3. The number of phosphoric acid groups is 2. The number of aliphatic hydroxyl groups excluding tert-OH is 4. The Morgan fingerprint density at radius 2 is 1.74 bits per heavy atom. The van der Waals surface area contributed by atoms with Gasteiger partial charge in [0.05, 0.1) is 13.2 Å². The van der Waals surface area contributed by atoms with Crippen molar-refractivity contribution < 1.29 is 76.3 Å². The molecule has 306 valence electrons. The molecule has 25 heteroatoms. The molecule has 0 saturated carbocycles. The summed E-state index contributed by atoms with van der Waals surface area (Å²) in [6, 6.07) is 5.30. The Kier molecular flexibility index (Phi) is 13.0. The quantitative estimate of drug-likeness (QED) is 0.0345. The van der Waals surface area contributed by atoms with E-state index in [1.54, 1.807) is 0 Å². The molecule has 3 aromatic heterocycles. The molecule has 0 radical (unpaired) electrons. The third-order valence-corrected chi connectivity index (χ3v) is 11.5. The number of carbonyl (C=O) groups excluding carboxylic acids is 2. The molecule has 2 aliphatic heterocycles. The van der Waals surface area contributed by atoms with Gasteiger partial charge in [0.25, 0.3) is 20.0 Å².